The molecule has 0 aromatic carbocycles. The van der Waals surface area contributed by atoms with E-state index in [1.54, 1.807) is 6.20 Å². The van der Waals surface area contributed by atoms with Crippen LogP contribution in [-0.4, -0.2) is 17.6 Å². The molecule has 2 rings (SSSR count). The lowest BCUT2D eigenvalue weighted by Crippen LogP contribution is -2.29. The Labute approximate surface area is 122 Å². The van der Waals surface area contributed by atoms with Crippen LogP contribution in [0, 0.1) is 11.8 Å². The zero-order valence-corrected chi connectivity index (χ0v) is 13.0. The number of rotatable bonds is 5. The molecule has 3 heteroatoms. The van der Waals surface area contributed by atoms with Crippen LogP contribution in [0.15, 0.2) is 18.5 Å². The second-order valence-corrected chi connectivity index (χ2v) is 6.31. The smallest absolute Gasteiger partial charge is 0.138 e. The van der Waals surface area contributed by atoms with Gasteiger partial charge in [-0.05, 0) is 62.6 Å². The number of ether oxygens (including phenoxy) is 1. The average molecular weight is 276 g/mol. The molecule has 1 aliphatic carbocycles. The molecule has 0 radical (unpaired) electrons. The molecule has 1 saturated carbocycles. The van der Waals surface area contributed by atoms with E-state index in [0.29, 0.717) is 11.8 Å². The van der Waals surface area contributed by atoms with Gasteiger partial charge in [-0.2, -0.15) is 0 Å². The van der Waals surface area contributed by atoms with E-state index >= 15 is 0 Å². The predicted octanol–water partition coefficient (Wildman–Crippen LogP) is 3.74. The lowest BCUT2D eigenvalue weighted by molar-refractivity contribution is 0.229. The van der Waals surface area contributed by atoms with Crippen molar-refractivity contribution in [2.75, 3.05) is 6.54 Å². The monoisotopic (exact) mass is 276 g/mol. The van der Waals surface area contributed by atoms with Gasteiger partial charge in [0.05, 0.1) is 12.3 Å². The largest absolute Gasteiger partial charge is 0.489 e. The van der Waals surface area contributed by atoms with Crippen molar-refractivity contribution < 1.29 is 4.74 Å². The van der Waals surface area contributed by atoms with Gasteiger partial charge in [-0.15, -0.1) is 0 Å². The highest BCUT2D eigenvalue weighted by molar-refractivity contribution is 5.27. The summed E-state index contributed by atoms with van der Waals surface area (Å²) in [5, 5.41) is 0. The second kappa shape index (κ2) is 7.07. The van der Waals surface area contributed by atoms with Crippen LogP contribution in [0.3, 0.4) is 0 Å². The van der Waals surface area contributed by atoms with Gasteiger partial charge in [0.15, 0.2) is 0 Å². The summed E-state index contributed by atoms with van der Waals surface area (Å²) in [5.41, 5.74) is 7.29. The summed E-state index contributed by atoms with van der Waals surface area (Å²) >= 11 is 0. The first-order valence-electron chi connectivity index (χ1n) is 7.95. The minimum atomic E-state index is 0.187. The highest BCUT2D eigenvalue weighted by atomic mass is 16.5. The number of hydrogen-bond donors (Lipinski definition) is 1. The van der Waals surface area contributed by atoms with Crippen molar-refractivity contribution in [2.24, 2.45) is 17.6 Å². The maximum atomic E-state index is 5.99. The van der Waals surface area contributed by atoms with Crippen molar-refractivity contribution in [3.05, 3.63) is 24.0 Å². The zero-order valence-electron chi connectivity index (χ0n) is 13.0. The van der Waals surface area contributed by atoms with Gasteiger partial charge in [-0.25, -0.2) is 0 Å². The highest BCUT2D eigenvalue weighted by Gasteiger charge is 2.30. The van der Waals surface area contributed by atoms with Gasteiger partial charge in [0, 0.05) is 6.20 Å². The predicted molar refractivity (Wildman–Crippen MR) is 82.9 cm³/mol. The van der Waals surface area contributed by atoms with Gasteiger partial charge in [-0.1, -0.05) is 19.8 Å². The summed E-state index contributed by atoms with van der Waals surface area (Å²) in [7, 11) is 0. The van der Waals surface area contributed by atoms with E-state index < -0.39 is 0 Å². The van der Waals surface area contributed by atoms with E-state index in [1.165, 1.54) is 31.2 Å². The Bertz CT molecular complexity index is 419. The third-order valence-corrected chi connectivity index (χ3v) is 4.52. The third-order valence-electron chi connectivity index (χ3n) is 4.52. The maximum Gasteiger partial charge on any atom is 0.138 e. The normalized spacial score (nSPS) is 26.8. The van der Waals surface area contributed by atoms with Gasteiger partial charge in [-0.3, -0.25) is 4.98 Å². The van der Waals surface area contributed by atoms with E-state index in [9.17, 15) is 0 Å². The fourth-order valence-electron chi connectivity index (χ4n) is 3.36. The van der Waals surface area contributed by atoms with Crippen LogP contribution in [0.5, 0.6) is 5.75 Å². The van der Waals surface area contributed by atoms with Gasteiger partial charge in [0.25, 0.3) is 0 Å². The second-order valence-electron chi connectivity index (χ2n) is 6.31. The minimum absolute atomic E-state index is 0.187. The highest BCUT2D eigenvalue weighted by Crippen LogP contribution is 2.41. The zero-order chi connectivity index (χ0) is 14.5. The van der Waals surface area contributed by atoms with E-state index in [0.717, 1.165) is 18.2 Å². The van der Waals surface area contributed by atoms with Crippen LogP contribution in [0.1, 0.15) is 57.9 Å². The first-order chi connectivity index (χ1) is 9.63. The molecule has 1 aromatic rings. The Balaban J connectivity index is 2.18. The summed E-state index contributed by atoms with van der Waals surface area (Å²) in [6.45, 7) is 7.16. The SMILES string of the molecule is CCC1CCC(CN)C(c2cncc(OC(C)C)c2)C1. The quantitative estimate of drug-likeness (QED) is 0.891. The maximum absolute atomic E-state index is 5.99. The molecule has 0 saturated heterocycles. The topological polar surface area (TPSA) is 48.1 Å². The molecule has 20 heavy (non-hydrogen) atoms. The van der Waals surface area contributed by atoms with Crippen LogP contribution in [0.2, 0.25) is 0 Å². The van der Waals surface area contributed by atoms with Crippen molar-refractivity contribution >= 4 is 0 Å². The Morgan fingerprint density at radius 1 is 1.35 bits per heavy atom. The number of nitrogens with two attached hydrogens (primary N) is 1. The molecule has 1 heterocycles. The Kier molecular flexibility index (Phi) is 5.41. The molecule has 1 aliphatic rings. The molecular formula is C17H28N2O. The molecule has 1 fully saturated rings. The Hall–Kier alpha value is -1.09. The summed E-state index contributed by atoms with van der Waals surface area (Å²) in [4.78, 5) is 4.37. The van der Waals surface area contributed by atoms with Crippen LogP contribution >= 0.6 is 0 Å². The minimum Gasteiger partial charge on any atom is -0.489 e. The van der Waals surface area contributed by atoms with E-state index in [2.05, 4.69) is 18.0 Å². The third kappa shape index (κ3) is 3.72. The molecule has 0 amide bonds. The lowest BCUT2D eigenvalue weighted by Gasteiger charge is -2.35. The standard InChI is InChI=1S/C17H28N2O/c1-4-13-5-6-14(9-18)17(7-13)15-8-16(11-19-10-15)20-12(2)3/h8,10-14,17H,4-7,9,18H2,1-3H3. The molecule has 2 N–H and O–H groups in total. The van der Waals surface area contributed by atoms with Crippen molar-refractivity contribution in [1.29, 1.82) is 0 Å². The van der Waals surface area contributed by atoms with Crippen LogP contribution in [0.4, 0.5) is 0 Å². The molecular weight excluding hydrogens is 248 g/mol. The first kappa shape index (κ1) is 15.3. The number of nitrogens with zero attached hydrogens (tertiary/aromatic N) is 1. The van der Waals surface area contributed by atoms with Crippen molar-refractivity contribution in [2.45, 2.75) is 58.5 Å². The number of pyridine rings is 1. The lowest BCUT2D eigenvalue weighted by atomic mass is 9.71. The molecule has 3 nitrogen and oxygen atoms in total. The first-order valence-corrected chi connectivity index (χ1v) is 7.95. The Morgan fingerprint density at radius 2 is 2.15 bits per heavy atom. The molecule has 0 aliphatic heterocycles. The average Bonchev–Trinajstić information content (AvgIpc) is 2.46. The van der Waals surface area contributed by atoms with Crippen molar-refractivity contribution in [3.8, 4) is 5.75 Å². The summed E-state index contributed by atoms with van der Waals surface area (Å²) in [5.74, 6) is 2.85. The molecule has 3 unspecified atom stereocenters. The van der Waals surface area contributed by atoms with Crippen LogP contribution in [-0.2, 0) is 0 Å². The van der Waals surface area contributed by atoms with Crippen molar-refractivity contribution in [3.63, 3.8) is 0 Å². The molecule has 0 spiro atoms. The van der Waals surface area contributed by atoms with Crippen LogP contribution in [0.25, 0.3) is 0 Å². The molecule has 112 valence electrons. The Morgan fingerprint density at radius 3 is 2.80 bits per heavy atom. The summed E-state index contributed by atoms with van der Waals surface area (Å²) < 4.78 is 5.77. The van der Waals surface area contributed by atoms with E-state index in [1.807, 2.05) is 20.0 Å². The summed E-state index contributed by atoms with van der Waals surface area (Å²) in [6, 6.07) is 2.17. The van der Waals surface area contributed by atoms with E-state index in [4.69, 9.17) is 10.5 Å². The molecule has 0 bridgehead atoms. The van der Waals surface area contributed by atoms with Gasteiger partial charge >= 0.3 is 0 Å². The van der Waals surface area contributed by atoms with Crippen molar-refractivity contribution in [1.82, 2.24) is 4.98 Å². The van der Waals surface area contributed by atoms with Gasteiger partial charge in [0.1, 0.15) is 5.75 Å². The van der Waals surface area contributed by atoms with Crippen LogP contribution < -0.4 is 10.5 Å². The number of aromatic nitrogens is 1. The van der Waals surface area contributed by atoms with E-state index in [-0.39, 0.29) is 6.10 Å². The number of hydrogen-bond acceptors (Lipinski definition) is 3. The molecule has 3 atom stereocenters. The fraction of sp³-hybridized carbons (Fsp3) is 0.706. The fourth-order valence-corrected chi connectivity index (χ4v) is 3.36. The summed E-state index contributed by atoms with van der Waals surface area (Å²) in [6.07, 6.45) is 9.07. The van der Waals surface area contributed by atoms with Gasteiger partial charge in [0.2, 0.25) is 0 Å². The van der Waals surface area contributed by atoms with Gasteiger partial charge < -0.3 is 10.5 Å². The molecule has 1 aromatic heterocycles.